The third-order valence-corrected chi connectivity index (χ3v) is 11.4. The van der Waals surface area contributed by atoms with Crippen LogP contribution in [0.25, 0.3) is 0 Å². The highest BCUT2D eigenvalue weighted by molar-refractivity contribution is 8.00. The molecular weight excluding hydrogens is 529 g/mol. The molecule has 36 heavy (non-hydrogen) atoms. The van der Waals surface area contributed by atoms with Gasteiger partial charge in [-0.15, -0.1) is 47.0 Å². The van der Waals surface area contributed by atoms with E-state index in [9.17, 15) is 0 Å². The van der Waals surface area contributed by atoms with Gasteiger partial charge in [0.15, 0.2) is 0 Å². The second kappa shape index (κ2) is 22.0. The van der Waals surface area contributed by atoms with Crippen molar-refractivity contribution >= 4 is 47.0 Å². The molecule has 4 rings (SSSR count). The van der Waals surface area contributed by atoms with Gasteiger partial charge in [0.25, 0.3) is 0 Å². The molecule has 0 spiro atoms. The molecule has 0 N–H and O–H groups in total. The van der Waals surface area contributed by atoms with Gasteiger partial charge in [-0.3, -0.25) is 0 Å². The van der Waals surface area contributed by atoms with E-state index in [4.69, 9.17) is 18.9 Å². The van der Waals surface area contributed by atoms with Crippen LogP contribution in [0.1, 0.15) is 74.7 Å². The zero-order valence-corrected chi connectivity index (χ0v) is 27.6. The molecular formula is C28H56O4S4. The van der Waals surface area contributed by atoms with Crippen molar-refractivity contribution < 1.29 is 18.9 Å². The standard InChI is InChI=1S/4C7H14OS/c1-6(2)7-3-8-5-9-4-7;1-6(2)7-3-4-9-5-8-7;1-6(2)7-3-4-8-5-9-7;1-6(2)7-8-4-3-5-9-7/h4*6-7H,3-5H2,1-2H3. The summed E-state index contributed by atoms with van der Waals surface area (Å²) in [6.45, 7) is 20.9. The lowest BCUT2D eigenvalue weighted by Gasteiger charge is -2.25. The average Bonchev–Trinajstić information content (AvgIpc) is 2.92. The predicted molar refractivity (Wildman–Crippen MR) is 167 cm³/mol. The minimum atomic E-state index is 0.471. The Labute approximate surface area is 241 Å². The molecule has 0 radical (unpaired) electrons. The van der Waals surface area contributed by atoms with Crippen LogP contribution in [0.2, 0.25) is 0 Å². The van der Waals surface area contributed by atoms with E-state index in [0.29, 0.717) is 23.4 Å². The Bertz CT molecular complexity index is 396. The van der Waals surface area contributed by atoms with Gasteiger partial charge < -0.3 is 18.9 Å². The molecule has 4 nitrogen and oxygen atoms in total. The van der Waals surface area contributed by atoms with E-state index in [1.165, 1.54) is 36.5 Å². The summed E-state index contributed by atoms with van der Waals surface area (Å²) in [4.78, 5) is 0. The van der Waals surface area contributed by atoms with Crippen LogP contribution in [-0.4, -0.2) is 71.7 Å². The highest BCUT2D eigenvalue weighted by atomic mass is 32.2. The summed E-state index contributed by atoms with van der Waals surface area (Å²) in [6.07, 6.45) is 4.24. The second-order valence-electron chi connectivity index (χ2n) is 11.1. The maximum atomic E-state index is 5.50. The Morgan fingerprint density at radius 3 is 1.75 bits per heavy atom. The minimum absolute atomic E-state index is 0.471. The van der Waals surface area contributed by atoms with Crippen molar-refractivity contribution in [2.45, 2.75) is 91.4 Å². The molecule has 0 aliphatic carbocycles. The maximum Gasteiger partial charge on any atom is 0.105 e. The van der Waals surface area contributed by atoms with Gasteiger partial charge in [-0.25, -0.2) is 0 Å². The number of thioether (sulfide) groups is 4. The Hall–Kier alpha value is 1.24. The summed E-state index contributed by atoms with van der Waals surface area (Å²) in [5.41, 5.74) is 0.471. The molecule has 4 atom stereocenters. The van der Waals surface area contributed by atoms with Crippen molar-refractivity contribution in [3.8, 4) is 0 Å². The molecule has 0 amide bonds. The van der Waals surface area contributed by atoms with Crippen LogP contribution in [0.5, 0.6) is 0 Å². The van der Waals surface area contributed by atoms with Gasteiger partial charge in [-0.1, -0.05) is 55.4 Å². The smallest absolute Gasteiger partial charge is 0.105 e. The molecule has 0 aromatic heterocycles. The van der Waals surface area contributed by atoms with E-state index in [2.05, 4.69) is 55.4 Å². The summed E-state index contributed by atoms with van der Waals surface area (Å²) >= 11 is 7.70. The minimum Gasteiger partial charge on any atom is -0.371 e. The molecule has 4 unspecified atom stereocenters. The molecule has 8 heteroatoms. The van der Waals surface area contributed by atoms with E-state index in [1.54, 1.807) is 0 Å². The van der Waals surface area contributed by atoms with Crippen molar-refractivity contribution in [3.63, 3.8) is 0 Å². The highest BCUT2D eigenvalue weighted by Crippen LogP contribution is 2.27. The Morgan fingerprint density at radius 1 is 0.639 bits per heavy atom. The summed E-state index contributed by atoms with van der Waals surface area (Å²) in [7, 11) is 0. The molecule has 0 aromatic rings. The number of rotatable bonds is 4. The lowest BCUT2D eigenvalue weighted by molar-refractivity contribution is 0.0459. The molecule has 4 heterocycles. The largest absolute Gasteiger partial charge is 0.371 e. The summed E-state index contributed by atoms with van der Waals surface area (Å²) in [6, 6.07) is 0. The van der Waals surface area contributed by atoms with E-state index >= 15 is 0 Å². The van der Waals surface area contributed by atoms with Crippen LogP contribution in [0, 0.1) is 29.6 Å². The zero-order chi connectivity index (χ0) is 26.8. The summed E-state index contributed by atoms with van der Waals surface area (Å²) in [5, 5.41) is 0.846. The first-order chi connectivity index (χ1) is 17.2. The molecule has 216 valence electrons. The fourth-order valence-electron chi connectivity index (χ4n) is 3.79. The van der Waals surface area contributed by atoms with Crippen molar-refractivity contribution in [1.29, 1.82) is 0 Å². The van der Waals surface area contributed by atoms with Crippen LogP contribution >= 0.6 is 47.0 Å². The van der Waals surface area contributed by atoms with Crippen LogP contribution in [0.3, 0.4) is 0 Å². The van der Waals surface area contributed by atoms with Crippen LogP contribution in [0.15, 0.2) is 0 Å². The number of hydrogen-bond acceptors (Lipinski definition) is 8. The van der Waals surface area contributed by atoms with Gasteiger partial charge in [0.2, 0.25) is 0 Å². The van der Waals surface area contributed by atoms with Gasteiger partial charge in [-0.2, -0.15) is 0 Å². The molecule has 4 aliphatic rings. The molecule has 4 aliphatic heterocycles. The first kappa shape index (κ1) is 35.3. The zero-order valence-electron chi connectivity index (χ0n) is 24.4. The highest BCUT2D eigenvalue weighted by Gasteiger charge is 2.19. The summed E-state index contributed by atoms with van der Waals surface area (Å²) in [5.74, 6) is 10.3. The van der Waals surface area contributed by atoms with Gasteiger partial charge in [-0.05, 0) is 60.4 Å². The monoisotopic (exact) mass is 584 g/mol. The lowest BCUT2D eigenvalue weighted by Crippen LogP contribution is -2.24. The quantitative estimate of drug-likeness (QED) is 0.326. The molecule has 0 saturated carbocycles. The van der Waals surface area contributed by atoms with Crippen LogP contribution in [0.4, 0.5) is 0 Å². The normalized spacial score (nSPS) is 29.0. The van der Waals surface area contributed by atoms with Crippen molar-refractivity contribution in [3.05, 3.63) is 0 Å². The van der Waals surface area contributed by atoms with Crippen LogP contribution < -0.4 is 0 Å². The number of hydrogen-bond donors (Lipinski definition) is 0. The van der Waals surface area contributed by atoms with E-state index < -0.39 is 0 Å². The van der Waals surface area contributed by atoms with Crippen LogP contribution in [-0.2, 0) is 18.9 Å². The predicted octanol–water partition coefficient (Wildman–Crippen LogP) is 8.35. The SMILES string of the molecule is CC(C)C1CCOCS1.CC(C)C1CCSCO1.CC(C)C1COCSC1.CC(C)C1OCCCS1. The van der Waals surface area contributed by atoms with Gasteiger partial charge in [0.1, 0.15) is 5.44 Å². The second-order valence-corrected chi connectivity index (χ2v) is 15.5. The average molecular weight is 585 g/mol. The summed E-state index contributed by atoms with van der Waals surface area (Å²) < 4.78 is 21.5. The van der Waals surface area contributed by atoms with E-state index in [-0.39, 0.29) is 0 Å². The van der Waals surface area contributed by atoms with Crippen molar-refractivity contribution in [1.82, 2.24) is 0 Å². The van der Waals surface area contributed by atoms with Crippen molar-refractivity contribution in [2.24, 2.45) is 29.6 Å². The van der Waals surface area contributed by atoms with Gasteiger partial charge in [0.05, 0.1) is 30.5 Å². The number of ether oxygens (including phenoxy) is 4. The van der Waals surface area contributed by atoms with E-state index in [1.807, 2.05) is 47.0 Å². The Balaban J connectivity index is 0.000000240. The first-order valence-electron chi connectivity index (χ1n) is 14.0. The van der Waals surface area contributed by atoms with Gasteiger partial charge >= 0.3 is 0 Å². The maximum absolute atomic E-state index is 5.50. The fraction of sp³-hybridized carbons (Fsp3) is 1.00. The lowest BCUT2D eigenvalue weighted by atomic mass is 9.99. The third kappa shape index (κ3) is 17.0. The topological polar surface area (TPSA) is 36.9 Å². The fourth-order valence-corrected chi connectivity index (χ4v) is 7.80. The van der Waals surface area contributed by atoms with Crippen molar-refractivity contribution in [2.75, 3.05) is 54.9 Å². The Morgan fingerprint density at radius 2 is 1.42 bits per heavy atom. The first-order valence-corrected chi connectivity index (χ1v) is 18.4. The van der Waals surface area contributed by atoms with Gasteiger partial charge in [0, 0.05) is 24.2 Å². The molecule has 4 saturated heterocycles. The Kier molecular flexibility index (Phi) is 21.5. The molecule has 0 bridgehead atoms. The van der Waals surface area contributed by atoms with E-state index in [0.717, 1.165) is 60.6 Å². The third-order valence-electron chi connectivity index (χ3n) is 6.48. The molecule has 4 fully saturated rings. The molecule has 0 aromatic carbocycles.